The molecule has 2 aromatic rings. The van der Waals surface area contributed by atoms with E-state index in [1.54, 1.807) is 0 Å². The summed E-state index contributed by atoms with van der Waals surface area (Å²) in [5.74, 6) is 1.03. The second-order valence-electron chi connectivity index (χ2n) is 5.04. The highest BCUT2D eigenvalue weighted by Crippen LogP contribution is 2.32. The third-order valence-electron chi connectivity index (χ3n) is 3.45. The summed E-state index contributed by atoms with van der Waals surface area (Å²) in [4.78, 5) is 2.80. The highest BCUT2D eigenvalue weighted by molar-refractivity contribution is 7.15. The molecule has 1 N–H and O–H groups in total. The zero-order chi connectivity index (χ0) is 12.2. The van der Waals surface area contributed by atoms with Crippen molar-refractivity contribution in [3.63, 3.8) is 0 Å². The van der Waals surface area contributed by atoms with Crippen molar-refractivity contribution in [2.24, 2.45) is 5.92 Å². The monoisotopic (exact) mass is 257 g/mol. The number of rotatable bonds is 6. The average molecular weight is 257 g/mol. The number of hydrogen-bond donors (Lipinski definition) is 1. The first-order valence-corrected chi connectivity index (χ1v) is 7.58. The van der Waals surface area contributed by atoms with Gasteiger partial charge in [0.2, 0.25) is 0 Å². The predicted molar refractivity (Wildman–Crippen MR) is 78.8 cm³/mol. The zero-order valence-electron chi connectivity index (χ0n) is 10.6. The molecule has 94 valence electrons. The molecule has 0 atom stereocenters. The Morgan fingerprint density at radius 3 is 2.67 bits per heavy atom. The van der Waals surface area contributed by atoms with E-state index in [-0.39, 0.29) is 0 Å². The van der Waals surface area contributed by atoms with Gasteiger partial charge in [0.15, 0.2) is 0 Å². The molecule has 1 nitrogen and oxygen atoms in total. The first-order chi connectivity index (χ1) is 8.92. The van der Waals surface area contributed by atoms with Crippen molar-refractivity contribution in [2.75, 3.05) is 6.54 Å². The molecule has 1 saturated carbocycles. The lowest BCUT2D eigenvalue weighted by Crippen LogP contribution is -2.14. The Labute approximate surface area is 113 Å². The maximum atomic E-state index is 3.55. The molecule has 1 aliphatic carbocycles. The second kappa shape index (κ2) is 5.68. The Hall–Kier alpha value is -1.12. The van der Waals surface area contributed by atoms with Crippen LogP contribution in [0.15, 0.2) is 42.5 Å². The van der Waals surface area contributed by atoms with E-state index in [9.17, 15) is 0 Å². The standard InChI is InChI=1S/C16H19NS/c1-2-4-14(5-3-1)16-9-8-15(18-16)12-17-11-10-13-6-7-13/h1-5,8-9,13,17H,6-7,10-12H2. The van der Waals surface area contributed by atoms with Crippen molar-refractivity contribution in [1.29, 1.82) is 0 Å². The minimum atomic E-state index is 1.02. The first-order valence-electron chi connectivity index (χ1n) is 6.77. The SMILES string of the molecule is c1ccc(-c2ccc(CNCCC3CC3)s2)cc1. The van der Waals surface area contributed by atoms with Crippen LogP contribution in [0.5, 0.6) is 0 Å². The van der Waals surface area contributed by atoms with Crippen LogP contribution >= 0.6 is 11.3 Å². The van der Waals surface area contributed by atoms with Gasteiger partial charge in [-0.15, -0.1) is 11.3 Å². The molecule has 0 spiro atoms. The van der Waals surface area contributed by atoms with Crippen molar-refractivity contribution < 1.29 is 0 Å². The van der Waals surface area contributed by atoms with Gasteiger partial charge in [-0.3, -0.25) is 0 Å². The van der Waals surface area contributed by atoms with Crippen LogP contribution in [-0.4, -0.2) is 6.54 Å². The summed E-state index contributed by atoms with van der Waals surface area (Å²) in [6.07, 6.45) is 4.27. The van der Waals surface area contributed by atoms with Crippen molar-refractivity contribution in [3.8, 4) is 10.4 Å². The van der Waals surface area contributed by atoms with E-state index < -0.39 is 0 Å². The molecule has 0 aliphatic heterocycles. The summed E-state index contributed by atoms with van der Waals surface area (Å²) in [6, 6.07) is 15.1. The lowest BCUT2D eigenvalue weighted by atomic mass is 10.2. The molecule has 1 aliphatic rings. The van der Waals surface area contributed by atoms with E-state index in [0.717, 1.165) is 12.5 Å². The van der Waals surface area contributed by atoms with E-state index in [2.05, 4.69) is 47.8 Å². The van der Waals surface area contributed by atoms with Crippen molar-refractivity contribution in [1.82, 2.24) is 5.32 Å². The van der Waals surface area contributed by atoms with Crippen molar-refractivity contribution in [2.45, 2.75) is 25.8 Å². The van der Waals surface area contributed by atoms with E-state index in [0.29, 0.717) is 0 Å². The molecule has 1 aromatic heterocycles. The second-order valence-corrected chi connectivity index (χ2v) is 6.21. The lowest BCUT2D eigenvalue weighted by Gasteiger charge is -2.01. The van der Waals surface area contributed by atoms with Crippen LogP contribution in [0, 0.1) is 5.92 Å². The molecule has 0 bridgehead atoms. The number of hydrogen-bond acceptors (Lipinski definition) is 2. The highest BCUT2D eigenvalue weighted by Gasteiger charge is 2.19. The van der Waals surface area contributed by atoms with Crippen LogP contribution in [0.2, 0.25) is 0 Å². The van der Waals surface area contributed by atoms with Gasteiger partial charge in [-0.1, -0.05) is 43.2 Å². The summed E-state index contributed by atoms with van der Waals surface area (Å²) >= 11 is 1.90. The van der Waals surface area contributed by atoms with Crippen LogP contribution in [-0.2, 0) is 6.54 Å². The van der Waals surface area contributed by atoms with E-state index >= 15 is 0 Å². The van der Waals surface area contributed by atoms with Crippen molar-refractivity contribution >= 4 is 11.3 Å². The molecule has 0 amide bonds. The number of benzene rings is 1. The zero-order valence-corrected chi connectivity index (χ0v) is 11.4. The van der Waals surface area contributed by atoms with Crippen LogP contribution in [0.25, 0.3) is 10.4 Å². The minimum Gasteiger partial charge on any atom is -0.312 e. The van der Waals surface area contributed by atoms with Crippen LogP contribution < -0.4 is 5.32 Å². The van der Waals surface area contributed by atoms with E-state index in [1.807, 2.05) is 11.3 Å². The molecule has 3 rings (SSSR count). The summed E-state index contributed by atoms with van der Waals surface area (Å²) in [5, 5.41) is 3.55. The van der Waals surface area contributed by atoms with Gasteiger partial charge in [0, 0.05) is 16.3 Å². The average Bonchev–Trinajstić information content (AvgIpc) is 3.12. The first kappa shape index (κ1) is 11.9. The maximum Gasteiger partial charge on any atom is 0.0346 e. The van der Waals surface area contributed by atoms with Crippen LogP contribution in [0.3, 0.4) is 0 Å². The van der Waals surface area contributed by atoms with Crippen molar-refractivity contribution in [3.05, 3.63) is 47.3 Å². The minimum absolute atomic E-state index is 1.02. The smallest absolute Gasteiger partial charge is 0.0346 e. The number of thiophene rings is 1. The summed E-state index contributed by atoms with van der Waals surface area (Å²) < 4.78 is 0. The molecule has 1 heterocycles. The van der Waals surface area contributed by atoms with Crippen LogP contribution in [0.1, 0.15) is 24.1 Å². The molecular weight excluding hydrogens is 238 g/mol. The van der Waals surface area contributed by atoms with Gasteiger partial charge in [-0.05, 0) is 36.6 Å². The Morgan fingerprint density at radius 2 is 1.89 bits per heavy atom. The summed E-state index contributed by atoms with van der Waals surface area (Å²) in [6.45, 7) is 2.19. The molecule has 18 heavy (non-hydrogen) atoms. The fourth-order valence-electron chi connectivity index (χ4n) is 2.15. The van der Waals surface area contributed by atoms with Gasteiger partial charge in [0.25, 0.3) is 0 Å². The summed E-state index contributed by atoms with van der Waals surface area (Å²) in [7, 11) is 0. The molecule has 0 radical (unpaired) electrons. The molecule has 1 fully saturated rings. The lowest BCUT2D eigenvalue weighted by molar-refractivity contribution is 0.616. The van der Waals surface area contributed by atoms with E-state index in [4.69, 9.17) is 0 Å². The normalized spacial score (nSPS) is 14.9. The van der Waals surface area contributed by atoms with E-state index in [1.165, 1.54) is 41.1 Å². The Bertz CT molecular complexity index is 485. The third-order valence-corrected chi connectivity index (χ3v) is 4.58. The molecule has 0 unspecified atom stereocenters. The topological polar surface area (TPSA) is 12.0 Å². The Morgan fingerprint density at radius 1 is 1.06 bits per heavy atom. The van der Waals surface area contributed by atoms with Crippen LogP contribution in [0.4, 0.5) is 0 Å². The fraction of sp³-hybridized carbons (Fsp3) is 0.375. The molecular formula is C16H19NS. The predicted octanol–water partition coefficient (Wildman–Crippen LogP) is 4.30. The van der Waals surface area contributed by atoms with Gasteiger partial charge < -0.3 is 5.32 Å². The molecule has 2 heteroatoms. The molecule has 1 aromatic carbocycles. The number of nitrogens with one attached hydrogen (secondary N) is 1. The van der Waals surface area contributed by atoms with Gasteiger partial charge >= 0.3 is 0 Å². The van der Waals surface area contributed by atoms with Gasteiger partial charge in [0.05, 0.1) is 0 Å². The Kier molecular flexibility index (Phi) is 3.77. The van der Waals surface area contributed by atoms with Gasteiger partial charge in [-0.25, -0.2) is 0 Å². The fourth-order valence-corrected chi connectivity index (χ4v) is 3.14. The maximum absolute atomic E-state index is 3.55. The highest BCUT2D eigenvalue weighted by atomic mass is 32.1. The van der Waals surface area contributed by atoms with Gasteiger partial charge in [-0.2, -0.15) is 0 Å². The Balaban J connectivity index is 1.52. The summed E-state index contributed by atoms with van der Waals surface area (Å²) in [5.41, 5.74) is 1.33. The third kappa shape index (κ3) is 3.21. The quantitative estimate of drug-likeness (QED) is 0.761. The largest absolute Gasteiger partial charge is 0.312 e. The molecule has 0 saturated heterocycles. The van der Waals surface area contributed by atoms with Gasteiger partial charge in [0.1, 0.15) is 0 Å².